The van der Waals surface area contributed by atoms with Gasteiger partial charge >= 0.3 is 0 Å². The Morgan fingerprint density at radius 2 is 2.25 bits per heavy atom. The van der Waals surface area contributed by atoms with Crippen molar-refractivity contribution in [2.45, 2.75) is 31.9 Å². The van der Waals surface area contributed by atoms with Crippen LogP contribution in [0, 0.1) is 11.3 Å². The molecule has 2 N–H and O–H groups in total. The fourth-order valence-electron chi connectivity index (χ4n) is 2.32. The molecule has 108 valence electrons. The van der Waals surface area contributed by atoms with E-state index >= 15 is 0 Å². The number of nitriles is 1. The van der Waals surface area contributed by atoms with Gasteiger partial charge in [0, 0.05) is 30.0 Å². The molecule has 1 aliphatic heterocycles. The summed E-state index contributed by atoms with van der Waals surface area (Å²) in [6.07, 6.45) is 0.413. The molecule has 20 heavy (non-hydrogen) atoms. The minimum absolute atomic E-state index is 0.0147. The first-order valence-corrected chi connectivity index (χ1v) is 8.44. The van der Waals surface area contributed by atoms with Crippen molar-refractivity contribution in [2.75, 3.05) is 29.5 Å². The highest BCUT2D eigenvalue weighted by Crippen LogP contribution is 2.41. The summed E-state index contributed by atoms with van der Waals surface area (Å²) in [7, 11) is 0. The van der Waals surface area contributed by atoms with Gasteiger partial charge in [0.15, 0.2) is 5.78 Å². The van der Waals surface area contributed by atoms with Crippen LogP contribution in [0.25, 0.3) is 0 Å². The number of ketones is 1. The maximum Gasteiger partial charge on any atom is 0.174 e. The highest BCUT2D eigenvalue weighted by Gasteiger charge is 2.31. The molecule has 1 aliphatic rings. The van der Waals surface area contributed by atoms with Gasteiger partial charge in [-0.3, -0.25) is 4.79 Å². The van der Waals surface area contributed by atoms with Crippen LogP contribution in [0.3, 0.4) is 0 Å². The summed E-state index contributed by atoms with van der Waals surface area (Å²) < 4.78 is 0.151. The molecular formula is C14H19N3OS2. The van der Waals surface area contributed by atoms with Crippen molar-refractivity contribution in [3.05, 3.63) is 10.4 Å². The molecule has 2 rings (SSSR count). The van der Waals surface area contributed by atoms with Crippen LogP contribution < -0.4 is 10.6 Å². The van der Waals surface area contributed by atoms with E-state index in [0.717, 1.165) is 23.8 Å². The van der Waals surface area contributed by atoms with Gasteiger partial charge in [-0.25, -0.2) is 0 Å². The molecular weight excluding hydrogens is 290 g/mol. The Hall–Kier alpha value is -1.19. The molecule has 1 aromatic heterocycles. The van der Waals surface area contributed by atoms with E-state index in [2.05, 4.69) is 24.8 Å². The van der Waals surface area contributed by atoms with Crippen LogP contribution in [0.1, 0.15) is 42.4 Å². The number of carbonyl (C=O) groups is 1. The molecule has 0 amide bonds. The third kappa shape index (κ3) is 2.79. The SMILES string of the molecule is CCC(=O)c1sc(N2CCSC(C)(C)C2)c(C#N)c1N. The highest BCUT2D eigenvalue weighted by atomic mass is 32.2. The Morgan fingerprint density at radius 3 is 2.80 bits per heavy atom. The Balaban J connectivity index is 2.42. The molecule has 1 aromatic rings. The lowest BCUT2D eigenvalue weighted by Crippen LogP contribution is -2.43. The highest BCUT2D eigenvalue weighted by molar-refractivity contribution is 8.00. The average Bonchev–Trinajstić information content (AvgIpc) is 2.73. The van der Waals surface area contributed by atoms with Gasteiger partial charge in [0.25, 0.3) is 0 Å². The molecule has 0 unspecified atom stereocenters. The second-order valence-corrected chi connectivity index (χ2v) is 8.24. The van der Waals surface area contributed by atoms with Gasteiger partial charge in [-0.2, -0.15) is 17.0 Å². The first-order valence-electron chi connectivity index (χ1n) is 6.64. The second-order valence-electron chi connectivity index (χ2n) is 5.44. The summed E-state index contributed by atoms with van der Waals surface area (Å²) in [6, 6.07) is 2.17. The predicted octanol–water partition coefficient (Wildman–Crippen LogP) is 3.13. The summed E-state index contributed by atoms with van der Waals surface area (Å²) >= 11 is 3.31. The third-order valence-corrected chi connectivity index (χ3v) is 5.93. The minimum atomic E-state index is 0.0147. The quantitative estimate of drug-likeness (QED) is 0.869. The Bertz CT molecular complexity index is 572. The number of anilines is 2. The first-order chi connectivity index (χ1) is 9.39. The summed E-state index contributed by atoms with van der Waals surface area (Å²) in [5.41, 5.74) is 6.82. The molecule has 0 atom stereocenters. The van der Waals surface area contributed by atoms with Crippen molar-refractivity contribution in [1.82, 2.24) is 0 Å². The number of Topliss-reactive ketones (excluding diaryl/α,β-unsaturated/α-hetero) is 1. The van der Waals surface area contributed by atoms with Crippen LogP contribution in [-0.2, 0) is 0 Å². The van der Waals surface area contributed by atoms with Gasteiger partial charge in [-0.1, -0.05) is 6.92 Å². The number of nitrogens with zero attached hydrogens (tertiary/aromatic N) is 2. The molecule has 0 aliphatic carbocycles. The number of nitrogen functional groups attached to an aromatic ring is 1. The summed E-state index contributed by atoms with van der Waals surface area (Å²) in [6.45, 7) is 7.97. The van der Waals surface area contributed by atoms with Crippen molar-refractivity contribution in [3.8, 4) is 6.07 Å². The molecule has 1 saturated heterocycles. The molecule has 0 radical (unpaired) electrons. The fraction of sp³-hybridized carbons (Fsp3) is 0.571. The van der Waals surface area contributed by atoms with Crippen molar-refractivity contribution >= 4 is 39.6 Å². The molecule has 2 heterocycles. The van der Waals surface area contributed by atoms with E-state index in [0.29, 0.717) is 22.5 Å². The molecule has 0 bridgehead atoms. The number of hydrogen-bond donors (Lipinski definition) is 1. The molecule has 0 saturated carbocycles. The van der Waals surface area contributed by atoms with Crippen LogP contribution >= 0.6 is 23.1 Å². The number of hydrogen-bond acceptors (Lipinski definition) is 6. The van der Waals surface area contributed by atoms with E-state index in [1.54, 1.807) is 0 Å². The van der Waals surface area contributed by atoms with E-state index in [-0.39, 0.29) is 10.5 Å². The summed E-state index contributed by atoms with van der Waals surface area (Å²) in [4.78, 5) is 14.7. The van der Waals surface area contributed by atoms with Gasteiger partial charge in [-0.15, -0.1) is 11.3 Å². The van der Waals surface area contributed by atoms with Gasteiger partial charge in [0.05, 0.1) is 10.6 Å². The maximum absolute atomic E-state index is 11.9. The fourth-order valence-corrected chi connectivity index (χ4v) is 4.64. The number of nitrogens with two attached hydrogens (primary N) is 1. The van der Waals surface area contributed by atoms with Crippen LogP contribution in [0.2, 0.25) is 0 Å². The van der Waals surface area contributed by atoms with Gasteiger partial charge in [-0.05, 0) is 13.8 Å². The zero-order valence-corrected chi connectivity index (χ0v) is 13.7. The monoisotopic (exact) mass is 309 g/mol. The lowest BCUT2D eigenvalue weighted by Gasteiger charge is -2.38. The third-order valence-electron chi connectivity index (χ3n) is 3.33. The smallest absolute Gasteiger partial charge is 0.174 e. The number of rotatable bonds is 3. The number of carbonyl (C=O) groups excluding carboxylic acids is 1. The molecule has 1 fully saturated rings. The van der Waals surface area contributed by atoms with Crippen LogP contribution in [0.4, 0.5) is 10.7 Å². The number of thioether (sulfide) groups is 1. The van der Waals surface area contributed by atoms with E-state index in [9.17, 15) is 10.1 Å². The maximum atomic E-state index is 11.9. The Morgan fingerprint density at radius 1 is 1.55 bits per heavy atom. The molecule has 0 aromatic carbocycles. The topological polar surface area (TPSA) is 70.1 Å². The molecule has 0 spiro atoms. The van der Waals surface area contributed by atoms with Gasteiger partial charge in [0.1, 0.15) is 16.6 Å². The summed E-state index contributed by atoms with van der Waals surface area (Å²) in [5.74, 6) is 1.04. The second kappa shape index (κ2) is 5.66. The Labute approximate surface area is 127 Å². The van der Waals surface area contributed by atoms with Crippen molar-refractivity contribution in [1.29, 1.82) is 5.26 Å². The average molecular weight is 309 g/mol. The van der Waals surface area contributed by atoms with Gasteiger partial charge in [0.2, 0.25) is 0 Å². The zero-order chi connectivity index (χ0) is 14.9. The van der Waals surface area contributed by atoms with E-state index in [1.807, 2.05) is 18.7 Å². The molecule has 4 nitrogen and oxygen atoms in total. The van der Waals surface area contributed by atoms with Crippen LogP contribution in [-0.4, -0.2) is 29.4 Å². The first kappa shape index (κ1) is 15.2. The molecule has 6 heteroatoms. The Kier molecular flexibility index (Phi) is 4.31. The minimum Gasteiger partial charge on any atom is -0.396 e. The van der Waals surface area contributed by atoms with E-state index in [4.69, 9.17) is 5.73 Å². The standard InChI is InChI=1S/C14H19N3OS2/c1-4-10(18)12-11(16)9(7-15)13(20-12)17-5-6-19-14(2,3)8-17/h4-6,8,16H2,1-3H3. The summed E-state index contributed by atoms with van der Waals surface area (Å²) in [5, 5.41) is 10.2. The van der Waals surface area contributed by atoms with E-state index in [1.165, 1.54) is 11.3 Å². The largest absolute Gasteiger partial charge is 0.396 e. The van der Waals surface area contributed by atoms with Crippen molar-refractivity contribution < 1.29 is 4.79 Å². The van der Waals surface area contributed by atoms with Crippen LogP contribution in [0.15, 0.2) is 0 Å². The van der Waals surface area contributed by atoms with Crippen molar-refractivity contribution in [3.63, 3.8) is 0 Å². The predicted molar refractivity (Wildman–Crippen MR) is 86.8 cm³/mol. The van der Waals surface area contributed by atoms with Crippen molar-refractivity contribution in [2.24, 2.45) is 0 Å². The normalized spacial score (nSPS) is 17.8. The van der Waals surface area contributed by atoms with E-state index < -0.39 is 0 Å². The lowest BCUT2D eigenvalue weighted by atomic mass is 10.1. The van der Waals surface area contributed by atoms with Gasteiger partial charge < -0.3 is 10.6 Å². The lowest BCUT2D eigenvalue weighted by molar-refractivity contribution is 0.0993. The van der Waals surface area contributed by atoms with Crippen LogP contribution in [0.5, 0.6) is 0 Å². The zero-order valence-electron chi connectivity index (χ0n) is 12.0. The number of thiophene rings is 1.